The van der Waals surface area contributed by atoms with Crippen LogP contribution in [0.1, 0.15) is 22.3 Å². The number of rotatable bonds is 0. The highest BCUT2D eigenvalue weighted by Gasteiger charge is 2.26. The summed E-state index contributed by atoms with van der Waals surface area (Å²) in [6.07, 6.45) is 0.434. The molecule has 0 bridgehead atoms. The lowest BCUT2D eigenvalue weighted by Gasteiger charge is -2.02. The van der Waals surface area contributed by atoms with E-state index in [0.717, 1.165) is 6.07 Å². The Bertz CT molecular complexity index is 399. The van der Waals surface area contributed by atoms with E-state index < -0.39 is 17.4 Å². The predicted molar refractivity (Wildman–Crippen MR) is 40.7 cm³/mol. The van der Waals surface area contributed by atoms with Crippen molar-refractivity contribution in [2.24, 2.45) is 0 Å². The number of fused-ring (bicyclic) bond motifs is 1. The fourth-order valence-electron chi connectivity index (χ4n) is 1.51. The maximum atomic E-state index is 13.1. The molecule has 0 radical (unpaired) electrons. The Hall–Kier alpha value is -1.45. The molecule has 1 aromatic carbocycles. The quantitative estimate of drug-likeness (QED) is 0.667. The third-order valence-electron chi connectivity index (χ3n) is 2.20. The van der Waals surface area contributed by atoms with E-state index in [1.807, 2.05) is 0 Å². The molecule has 0 amide bonds. The van der Waals surface area contributed by atoms with Crippen molar-refractivity contribution >= 4 is 5.78 Å². The summed E-state index contributed by atoms with van der Waals surface area (Å²) in [4.78, 5) is 11.1. The van der Waals surface area contributed by atoms with Gasteiger partial charge in [0.1, 0.15) is 0 Å². The second-order valence-electron chi connectivity index (χ2n) is 2.97. The van der Waals surface area contributed by atoms with Crippen molar-refractivity contribution in [2.75, 3.05) is 0 Å². The summed E-state index contributed by atoms with van der Waals surface area (Å²) in [6, 6.07) is 0.892. The minimum absolute atomic E-state index is 0.0628. The average Bonchev–Trinajstić information content (AvgIpc) is 2.45. The molecule has 0 unspecified atom stereocenters. The number of benzene rings is 1. The Kier molecular flexibility index (Phi) is 1.58. The van der Waals surface area contributed by atoms with Crippen LogP contribution in [-0.2, 0) is 6.42 Å². The molecule has 0 fully saturated rings. The van der Waals surface area contributed by atoms with E-state index in [9.17, 15) is 13.6 Å². The molecule has 0 atom stereocenters. The molecule has 68 valence electrons. The molecule has 1 aliphatic rings. The summed E-state index contributed by atoms with van der Waals surface area (Å²) in [5.41, 5.74) is 0.191. The molecule has 0 spiro atoms. The lowest BCUT2D eigenvalue weighted by Crippen LogP contribution is -1.96. The van der Waals surface area contributed by atoms with Gasteiger partial charge in [-0.1, -0.05) is 0 Å². The summed E-state index contributed by atoms with van der Waals surface area (Å²) in [6.45, 7) is 0. The Morgan fingerprint density at radius 1 is 1.31 bits per heavy atom. The van der Waals surface area contributed by atoms with Gasteiger partial charge in [-0.15, -0.1) is 0 Å². The zero-order valence-corrected chi connectivity index (χ0v) is 6.60. The Morgan fingerprint density at radius 2 is 2.00 bits per heavy atom. The van der Waals surface area contributed by atoms with Gasteiger partial charge in [0.05, 0.1) is 0 Å². The van der Waals surface area contributed by atoms with Crippen LogP contribution < -0.4 is 0 Å². The van der Waals surface area contributed by atoms with Crippen LogP contribution in [0, 0.1) is 11.6 Å². The zero-order valence-electron chi connectivity index (χ0n) is 6.60. The largest absolute Gasteiger partial charge is 0.503 e. The van der Waals surface area contributed by atoms with Crippen LogP contribution in [-0.4, -0.2) is 10.9 Å². The van der Waals surface area contributed by atoms with E-state index >= 15 is 0 Å². The van der Waals surface area contributed by atoms with E-state index in [2.05, 4.69) is 0 Å². The maximum Gasteiger partial charge on any atom is 0.188 e. The van der Waals surface area contributed by atoms with Crippen LogP contribution in [0.2, 0.25) is 0 Å². The first kappa shape index (κ1) is 8.16. The summed E-state index contributed by atoms with van der Waals surface area (Å²) >= 11 is 0. The number of halogens is 2. The van der Waals surface area contributed by atoms with Gasteiger partial charge in [0, 0.05) is 17.5 Å². The molecule has 0 aromatic heterocycles. The fraction of sp³-hybridized carbons (Fsp3) is 0.222. The summed E-state index contributed by atoms with van der Waals surface area (Å²) in [7, 11) is 0. The van der Waals surface area contributed by atoms with Crippen molar-refractivity contribution in [1.29, 1.82) is 0 Å². The SMILES string of the molecule is O=C1CCc2c1cc(F)c(O)c2F. The third-order valence-corrected chi connectivity index (χ3v) is 2.20. The van der Waals surface area contributed by atoms with Crippen molar-refractivity contribution in [1.82, 2.24) is 0 Å². The first-order valence-corrected chi connectivity index (χ1v) is 3.84. The minimum Gasteiger partial charge on any atom is -0.503 e. The lowest BCUT2D eigenvalue weighted by atomic mass is 10.1. The highest BCUT2D eigenvalue weighted by atomic mass is 19.1. The Balaban J connectivity index is 2.74. The third kappa shape index (κ3) is 1.02. The second kappa shape index (κ2) is 2.52. The van der Waals surface area contributed by atoms with Crippen molar-refractivity contribution in [3.05, 3.63) is 28.8 Å². The fourth-order valence-corrected chi connectivity index (χ4v) is 1.51. The minimum atomic E-state index is -1.08. The van der Waals surface area contributed by atoms with Crippen LogP contribution >= 0.6 is 0 Å². The second-order valence-corrected chi connectivity index (χ2v) is 2.97. The Morgan fingerprint density at radius 3 is 2.69 bits per heavy atom. The molecule has 2 nitrogen and oxygen atoms in total. The number of phenolic OH excluding ortho intramolecular Hbond substituents is 1. The highest BCUT2D eigenvalue weighted by molar-refractivity contribution is 6.00. The summed E-state index contributed by atoms with van der Waals surface area (Å²) in [5.74, 6) is -3.34. The van der Waals surface area contributed by atoms with Gasteiger partial charge >= 0.3 is 0 Å². The van der Waals surface area contributed by atoms with Gasteiger partial charge < -0.3 is 5.11 Å². The smallest absolute Gasteiger partial charge is 0.188 e. The molecule has 13 heavy (non-hydrogen) atoms. The molecule has 1 aliphatic carbocycles. The average molecular weight is 184 g/mol. The number of Topliss-reactive ketones (excluding diaryl/α,β-unsaturated/α-hetero) is 1. The monoisotopic (exact) mass is 184 g/mol. The first-order valence-electron chi connectivity index (χ1n) is 3.84. The maximum absolute atomic E-state index is 13.1. The van der Waals surface area contributed by atoms with Crippen molar-refractivity contribution in [2.45, 2.75) is 12.8 Å². The van der Waals surface area contributed by atoms with E-state index in [1.54, 1.807) is 0 Å². The number of hydrogen-bond donors (Lipinski definition) is 1. The number of hydrogen-bond acceptors (Lipinski definition) is 2. The number of phenols is 1. The molecule has 1 aromatic rings. The molecule has 4 heteroatoms. The molecule has 0 saturated carbocycles. The van der Waals surface area contributed by atoms with Gasteiger partial charge in [0.2, 0.25) is 0 Å². The van der Waals surface area contributed by atoms with Crippen molar-refractivity contribution in [3.8, 4) is 5.75 Å². The first-order chi connectivity index (χ1) is 6.11. The van der Waals surface area contributed by atoms with Gasteiger partial charge in [0.15, 0.2) is 23.2 Å². The standard InChI is InChI=1S/C9H6F2O2/c10-6-3-5-4(1-2-7(5)12)8(11)9(6)13/h3,13H,1-2H2. The number of carbonyl (C=O) groups is 1. The van der Waals surface area contributed by atoms with E-state index in [-0.39, 0.29) is 29.8 Å². The van der Waals surface area contributed by atoms with Gasteiger partial charge in [0.25, 0.3) is 0 Å². The zero-order chi connectivity index (χ0) is 9.59. The van der Waals surface area contributed by atoms with Crippen molar-refractivity contribution < 1.29 is 18.7 Å². The number of carbonyl (C=O) groups excluding carboxylic acids is 1. The van der Waals surface area contributed by atoms with Crippen LogP contribution in [0.25, 0.3) is 0 Å². The van der Waals surface area contributed by atoms with Crippen LogP contribution in [0.15, 0.2) is 6.07 Å². The van der Waals surface area contributed by atoms with Gasteiger partial charge in [-0.2, -0.15) is 0 Å². The normalized spacial score (nSPS) is 14.8. The van der Waals surface area contributed by atoms with Gasteiger partial charge in [-0.3, -0.25) is 4.79 Å². The number of aromatic hydroxyl groups is 1. The summed E-state index contributed by atoms with van der Waals surface area (Å²) < 4.78 is 25.9. The Labute approximate surface area is 72.8 Å². The predicted octanol–water partition coefficient (Wildman–Crippen LogP) is 1.80. The van der Waals surface area contributed by atoms with Crippen LogP contribution in [0.3, 0.4) is 0 Å². The van der Waals surface area contributed by atoms with E-state index in [0.29, 0.717) is 0 Å². The van der Waals surface area contributed by atoms with Crippen LogP contribution in [0.5, 0.6) is 5.75 Å². The molecule has 0 aliphatic heterocycles. The van der Waals surface area contributed by atoms with E-state index in [4.69, 9.17) is 5.11 Å². The molecule has 0 saturated heterocycles. The molecular weight excluding hydrogens is 178 g/mol. The summed E-state index contributed by atoms with van der Waals surface area (Å²) in [5, 5.41) is 8.90. The van der Waals surface area contributed by atoms with Gasteiger partial charge in [-0.25, -0.2) is 8.78 Å². The van der Waals surface area contributed by atoms with Crippen molar-refractivity contribution in [3.63, 3.8) is 0 Å². The molecular formula is C9H6F2O2. The van der Waals surface area contributed by atoms with Gasteiger partial charge in [-0.05, 0) is 12.5 Å². The van der Waals surface area contributed by atoms with Crippen LogP contribution in [0.4, 0.5) is 8.78 Å². The van der Waals surface area contributed by atoms with E-state index in [1.165, 1.54) is 0 Å². The lowest BCUT2D eigenvalue weighted by molar-refractivity contribution is 0.0994. The molecule has 2 rings (SSSR count). The topological polar surface area (TPSA) is 37.3 Å². The molecule has 1 N–H and O–H groups in total. The molecule has 0 heterocycles. The highest BCUT2D eigenvalue weighted by Crippen LogP contribution is 2.31. The number of ketones is 1.